The Labute approximate surface area is 159 Å². The zero-order chi connectivity index (χ0) is 18.3. The molecule has 0 bridgehead atoms. The number of hydrogen-bond donors (Lipinski definition) is 0. The van der Waals surface area contributed by atoms with E-state index in [9.17, 15) is 12.8 Å². The number of hydrogen-bond acceptors (Lipinski definition) is 5. The molecule has 0 unspecified atom stereocenters. The van der Waals surface area contributed by atoms with Crippen LogP contribution >= 0.6 is 22.9 Å². The van der Waals surface area contributed by atoms with Crippen LogP contribution < -0.4 is 0 Å². The molecule has 1 aliphatic rings. The van der Waals surface area contributed by atoms with Crippen LogP contribution in [0.5, 0.6) is 0 Å². The van der Waals surface area contributed by atoms with E-state index in [1.165, 1.54) is 22.5 Å². The fraction of sp³-hybridized carbons (Fsp3) is 0.176. The smallest absolute Gasteiger partial charge is 0.236 e. The molecule has 26 heavy (non-hydrogen) atoms. The van der Waals surface area contributed by atoms with E-state index >= 15 is 0 Å². The summed E-state index contributed by atoms with van der Waals surface area (Å²) in [5, 5.41) is 0. The van der Waals surface area contributed by atoms with Crippen LogP contribution in [0.4, 0.5) is 4.39 Å². The third-order valence-corrected chi connectivity index (χ3v) is 7.69. The molecule has 2 aromatic heterocycles. The van der Waals surface area contributed by atoms with Crippen LogP contribution in [-0.4, -0.2) is 29.2 Å². The van der Waals surface area contributed by atoms with Gasteiger partial charge in [0.05, 0.1) is 10.0 Å². The highest BCUT2D eigenvalue weighted by atomic mass is 35.5. The molecule has 134 valence electrons. The maximum absolute atomic E-state index is 13.1. The minimum Gasteiger partial charge on any atom is -0.236 e. The molecule has 3 heterocycles. The summed E-state index contributed by atoms with van der Waals surface area (Å²) in [4.78, 5) is 8.84. The van der Waals surface area contributed by atoms with Gasteiger partial charge in [0.25, 0.3) is 10.0 Å². The molecule has 0 atom stereocenters. The summed E-state index contributed by atoms with van der Waals surface area (Å²) in [6.07, 6.45) is 2.13. The van der Waals surface area contributed by atoms with Crippen molar-refractivity contribution in [2.75, 3.05) is 6.54 Å². The Morgan fingerprint density at radius 1 is 1.15 bits per heavy atom. The SMILES string of the molecule is O=S(=O)(c1ccc(Cl)s1)N1CCc2nc(-c3ccc(F)cc3)ncc2C1. The largest absolute Gasteiger partial charge is 0.252 e. The fourth-order valence-electron chi connectivity index (χ4n) is 2.80. The van der Waals surface area contributed by atoms with Crippen LogP contribution in [0.3, 0.4) is 0 Å². The first-order valence-corrected chi connectivity index (χ1v) is 10.4. The van der Waals surface area contributed by atoms with Crippen molar-refractivity contribution in [1.29, 1.82) is 0 Å². The third kappa shape index (κ3) is 3.25. The number of rotatable bonds is 3. The Balaban J connectivity index is 1.61. The summed E-state index contributed by atoms with van der Waals surface area (Å²) < 4.78 is 40.6. The van der Waals surface area contributed by atoms with Crippen LogP contribution in [0.25, 0.3) is 11.4 Å². The van der Waals surface area contributed by atoms with Crippen LogP contribution in [0.15, 0.2) is 46.8 Å². The number of aromatic nitrogens is 2. The second kappa shape index (κ2) is 6.70. The maximum Gasteiger partial charge on any atom is 0.252 e. The van der Waals surface area contributed by atoms with Crippen molar-refractivity contribution < 1.29 is 12.8 Å². The Kier molecular flexibility index (Phi) is 4.52. The molecule has 5 nitrogen and oxygen atoms in total. The molecule has 1 aromatic carbocycles. The highest BCUT2D eigenvalue weighted by Crippen LogP contribution is 2.31. The van der Waals surface area contributed by atoms with Crippen LogP contribution in [0.1, 0.15) is 11.3 Å². The molecular formula is C17H13ClFN3O2S2. The molecule has 3 aromatic rings. The highest BCUT2D eigenvalue weighted by Gasteiger charge is 2.30. The molecule has 0 amide bonds. The van der Waals surface area contributed by atoms with Crippen molar-refractivity contribution in [3.63, 3.8) is 0 Å². The van der Waals surface area contributed by atoms with E-state index in [-0.39, 0.29) is 16.6 Å². The van der Waals surface area contributed by atoms with Crippen molar-refractivity contribution in [1.82, 2.24) is 14.3 Å². The lowest BCUT2D eigenvalue weighted by atomic mass is 10.1. The molecule has 0 spiro atoms. The van der Waals surface area contributed by atoms with Gasteiger partial charge in [0, 0.05) is 36.8 Å². The van der Waals surface area contributed by atoms with Gasteiger partial charge in [-0.3, -0.25) is 0 Å². The average Bonchev–Trinajstić information content (AvgIpc) is 3.09. The Morgan fingerprint density at radius 3 is 2.62 bits per heavy atom. The summed E-state index contributed by atoms with van der Waals surface area (Å²) in [5.41, 5.74) is 2.31. The molecule has 0 radical (unpaired) electrons. The van der Waals surface area contributed by atoms with Gasteiger partial charge in [-0.25, -0.2) is 22.8 Å². The first kappa shape index (κ1) is 17.5. The molecule has 0 saturated heterocycles. The first-order chi connectivity index (χ1) is 12.4. The Morgan fingerprint density at radius 2 is 1.92 bits per heavy atom. The van der Waals surface area contributed by atoms with E-state index in [2.05, 4.69) is 9.97 Å². The summed E-state index contributed by atoms with van der Waals surface area (Å²) in [7, 11) is -3.58. The number of thiophene rings is 1. The predicted molar refractivity (Wildman–Crippen MR) is 98.1 cm³/mol. The zero-order valence-electron chi connectivity index (χ0n) is 13.4. The number of sulfonamides is 1. The topological polar surface area (TPSA) is 63.2 Å². The van der Waals surface area contributed by atoms with Gasteiger partial charge in [0.1, 0.15) is 10.0 Å². The molecule has 1 aliphatic heterocycles. The lowest BCUT2D eigenvalue weighted by molar-refractivity contribution is 0.388. The lowest BCUT2D eigenvalue weighted by Gasteiger charge is -2.26. The first-order valence-electron chi connectivity index (χ1n) is 7.80. The van der Waals surface area contributed by atoms with Gasteiger partial charge < -0.3 is 0 Å². The molecule has 0 saturated carbocycles. The summed E-state index contributed by atoms with van der Waals surface area (Å²) in [6, 6.07) is 9.06. The van der Waals surface area contributed by atoms with E-state index in [1.54, 1.807) is 24.4 Å². The quantitative estimate of drug-likeness (QED) is 0.661. The molecule has 9 heteroatoms. The van der Waals surface area contributed by atoms with E-state index in [4.69, 9.17) is 11.6 Å². The minimum atomic E-state index is -3.58. The van der Waals surface area contributed by atoms with E-state index < -0.39 is 10.0 Å². The summed E-state index contributed by atoms with van der Waals surface area (Å²) >= 11 is 6.91. The number of fused-ring (bicyclic) bond motifs is 1. The second-order valence-corrected chi connectivity index (χ2v) is 9.70. The molecular weight excluding hydrogens is 397 g/mol. The van der Waals surface area contributed by atoms with Gasteiger partial charge in [-0.05, 0) is 36.4 Å². The van der Waals surface area contributed by atoms with E-state index in [0.29, 0.717) is 23.1 Å². The molecule has 0 fully saturated rings. The second-order valence-electron chi connectivity index (χ2n) is 5.82. The van der Waals surface area contributed by atoms with Crippen molar-refractivity contribution in [2.45, 2.75) is 17.2 Å². The van der Waals surface area contributed by atoms with Gasteiger partial charge in [-0.2, -0.15) is 4.31 Å². The van der Waals surface area contributed by atoms with E-state index in [0.717, 1.165) is 28.2 Å². The van der Waals surface area contributed by atoms with Gasteiger partial charge in [0.2, 0.25) is 0 Å². The summed E-state index contributed by atoms with van der Waals surface area (Å²) in [5.74, 6) is 0.186. The highest BCUT2D eigenvalue weighted by molar-refractivity contribution is 7.91. The van der Waals surface area contributed by atoms with Crippen molar-refractivity contribution >= 4 is 33.0 Å². The number of benzene rings is 1. The van der Waals surface area contributed by atoms with E-state index in [1.807, 2.05) is 0 Å². The van der Waals surface area contributed by atoms with Gasteiger partial charge >= 0.3 is 0 Å². The normalized spacial score (nSPS) is 15.0. The number of nitrogens with zero attached hydrogens (tertiary/aromatic N) is 3. The monoisotopic (exact) mass is 409 g/mol. The van der Waals surface area contributed by atoms with Crippen molar-refractivity contribution in [2.24, 2.45) is 0 Å². The Bertz CT molecular complexity index is 1070. The predicted octanol–water partition coefficient (Wildman–Crippen LogP) is 3.74. The fourth-order valence-corrected chi connectivity index (χ4v) is 5.85. The van der Waals surface area contributed by atoms with Crippen LogP contribution in [0, 0.1) is 5.82 Å². The average molecular weight is 410 g/mol. The molecule has 0 aliphatic carbocycles. The summed E-state index contributed by atoms with van der Waals surface area (Å²) in [6.45, 7) is 0.557. The lowest BCUT2D eigenvalue weighted by Crippen LogP contribution is -2.36. The van der Waals surface area contributed by atoms with Crippen molar-refractivity contribution in [3.8, 4) is 11.4 Å². The minimum absolute atomic E-state index is 0.219. The van der Waals surface area contributed by atoms with Crippen molar-refractivity contribution in [3.05, 3.63) is 64.0 Å². The standard InChI is InChI=1S/C17H13ClFN3O2S2/c18-15-5-6-16(25-15)26(23,24)22-8-7-14-12(10-22)9-20-17(21-14)11-1-3-13(19)4-2-11/h1-6,9H,7-8,10H2. The maximum atomic E-state index is 13.1. The van der Waals surface area contributed by atoms with Gasteiger partial charge in [-0.1, -0.05) is 11.6 Å². The van der Waals surface area contributed by atoms with Gasteiger partial charge in [-0.15, -0.1) is 11.3 Å². The van der Waals surface area contributed by atoms with Gasteiger partial charge in [0.15, 0.2) is 5.82 Å². The Hall–Kier alpha value is -1.87. The third-order valence-electron chi connectivity index (χ3n) is 4.14. The zero-order valence-corrected chi connectivity index (χ0v) is 15.8. The van der Waals surface area contributed by atoms with Crippen LogP contribution in [0.2, 0.25) is 4.34 Å². The van der Waals surface area contributed by atoms with Crippen LogP contribution in [-0.2, 0) is 23.0 Å². The number of halogens is 2. The molecule has 0 N–H and O–H groups in total. The molecule has 4 rings (SSSR count).